The molecule has 1 atom stereocenters. The maximum atomic E-state index is 12.1. The molecule has 3 N–H and O–H groups in total. The van der Waals surface area contributed by atoms with Gasteiger partial charge in [-0.25, -0.2) is 14.8 Å². The summed E-state index contributed by atoms with van der Waals surface area (Å²) in [6, 6.07) is 6.15. The first-order chi connectivity index (χ1) is 11.6. The predicted molar refractivity (Wildman–Crippen MR) is 90.6 cm³/mol. The fourth-order valence-electron chi connectivity index (χ4n) is 2.43. The largest absolute Gasteiger partial charge is 0.480 e. The topological polar surface area (TPSA) is 108 Å². The summed E-state index contributed by atoms with van der Waals surface area (Å²) in [7, 11) is 0. The molecule has 0 radical (unpaired) electrons. The lowest BCUT2D eigenvalue weighted by Gasteiger charge is -2.13. The van der Waals surface area contributed by atoms with Gasteiger partial charge >= 0.3 is 5.97 Å². The summed E-state index contributed by atoms with van der Waals surface area (Å²) in [6.07, 6.45) is 4.73. The van der Waals surface area contributed by atoms with Crippen LogP contribution >= 0.6 is 15.9 Å². The Kier molecular flexibility index (Phi) is 4.57. The van der Waals surface area contributed by atoms with Gasteiger partial charge in [0.1, 0.15) is 6.04 Å². The third-order valence-electron chi connectivity index (χ3n) is 3.53. The second-order valence-corrected chi connectivity index (χ2v) is 5.97. The minimum Gasteiger partial charge on any atom is -0.480 e. The molecule has 0 aliphatic heterocycles. The minimum absolute atomic E-state index is 0.0659. The van der Waals surface area contributed by atoms with Gasteiger partial charge in [-0.2, -0.15) is 0 Å². The molecule has 8 heteroatoms. The Morgan fingerprint density at radius 3 is 2.71 bits per heavy atom. The maximum Gasteiger partial charge on any atom is 0.326 e. The van der Waals surface area contributed by atoms with Gasteiger partial charge in [0, 0.05) is 40.4 Å². The zero-order chi connectivity index (χ0) is 17.1. The highest BCUT2D eigenvalue weighted by Crippen LogP contribution is 2.27. The van der Waals surface area contributed by atoms with E-state index >= 15 is 0 Å². The van der Waals surface area contributed by atoms with Crippen LogP contribution in [0, 0.1) is 0 Å². The summed E-state index contributed by atoms with van der Waals surface area (Å²) in [5.74, 6) is -1.81. The number of aromatic amines is 1. The van der Waals surface area contributed by atoms with Crippen LogP contribution in [-0.4, -0.2) is 38.0 Å². The van der Waals surface area contributed by atoms with Gasteiger partial charge in [0.2, 0.25) is 5.82 Å². The van der Waals surface area contributed by atoms with E-state index in [4.69, 9.17) is 0 Å². The number of carbonyl (C=O) groups is 2. The molecule has 0 aliphatic rings. The van der Waals surface area contributed by atoms with E-state index in [0.29, 0.717) is 0 Å². The molecule has 1 amide bonds. The van der Waals surface area contributed by atoms with Crippen molar-refractivity contribution in [2.45, 2.75) is 12.5 Å². The van der Waals surface area contributed by atoms with Crippen LogP contribution in [0.3, 0.4) is 0 Å². The number of rotatable bonds is 5. The summed E-state index contributed by atoms with van der Waals surface area (Å²) in [6.45, 7) is 0. The predicted octanol–water partition coefficient (Wildman–Crippen LogP) is 2.15. The van der Waals surface area contributed by atoms with E-state index in [1.807, 2.05) is 18.2 Å². The van der Waals surface area contributed by atoms with E-state index in [1.54, 1.807) is 12.3 Å². The fourth-order valence-corrected chi connectivity index (χ4v) is 3.05. The number of fused-ring (bicyclic) bond motifs is 1. The van der Waals surface area contributed by atoms with Gasteiger partial charge in [0.15, 0.2) is 0 Å². The second-order valence-electron chi connectivity index (χ2n) is 5.12. The summed E-state index contributed by atoms with van der Waals surface area (Å²) in [5.41, 5.74) is 1.68. The Bertz CT molecular complexity index is 895. The number of nitrogens with one attached hydrogen (secondary N) is 2. The summed E-state index contributed by atoms with van der Waals surface area (Å²) in [4.78, 5) is 34.4. The first kappa shape index (κ1) is 16.1. The van der Waals surface area contributed by atoms with Crippen molar-refractivity contribution in [3.63, 3.8) is 0 Å². The number of carbonyl (C=O) groups excluding carboxylic acids is 1. The zero-order valence-electron chi connectivity index (χ0n) is 12.4. The van der Waals surface area contributed by atoms with Crippen molar-refractivity contribution in [3.8, 4) is 0 Å². The highest BCUT2D eigenvalue weighted by Gasteiger charge is 2.24. The first-order valence-electron chi connectivity index (χ1n) is 7.11. The van der Waals surface area contributed by atoms with Gasteiger partial charge in [-0.1, -0.05) is 22.0 Å². The van der Waals surface area contributed by atoms with Crippen molar-refractivity contribution in [3.05, 3.63) is 58.7 Å². The van der Waals surface area contributed by atoms with Crippen LogP contribution in [0.5, 0.6) is 0 Å². The molecular weight excluding hydrogens is 376 g/mol. The molecule has 2 heterocycles. The molecule has 3 rings (SSSR count). The number of halogens is 1. The molecule has 0 fully saturated rings. The fraction of sp³-hybridized carbons (Fsp3) is 0.125. The molecule has 122 valence electrons. The molecular formula is C16H13BrN4O3. The standard InChI is InChI=1S/C16H13BrN4O3/c17-10-3-1-4-11-13(10)9(8-20-11)7-12(16(23)24)21-15(22)14-18-5-2-6-19-14/h1-6,8,12,20H,7H2,(H,21,22)(H,23,24). The molecule has 0 spiro atoms. The molecule has 0 saturated heterocycles. The van der Waals surface area contributed by atoms with Crippen LogP contribution < -0.4 is 5.32 Å². The zero-order valence-corrected chi connectivity index (χ0v) is 13.9. The van der Waals surface area contributed by atoms with Gasteiger partial charge in [-0.15, -0.1) is 0 Å². The van der Waals surface area contributed by atoms with Crippen molar-refractivity contribution in [1.82, 2.24) is 20.3 Å². The van der Waals surface area contributed by atoms with E-state index in [-0.39, 0.29) is 12.2 Å². The molecule has 3 aromatic rings. The maximum absolute atomic E-state index is 12.1. The average molecular weight is 389 g/mol. The second kappa shape index (κ2) is 6.79. The van der Waals surface area contributed by atoms with E-state index < -0.39 is 17.9 Å². The summed E-state index contributed by atoms with van der Waals surface area (Å²) < 4.78 is 0.859. The number of benzene rings is 1. The summed E-state index contributed by atoms with van der Waals surface area (Å²) >= 11 is 3.47. The third-order valence-corrected chi connectivity index (χ3v) is 4.19. The van der Waals surface area contributed by atoms with E-state index in [0.717, 1.165) is 20.9 Å². The van der Waals surface area contributed by atoms with Crippen LogP contribution in [0.25, 0.3) is 10.9 Å². The minimum atomic E-state index is -1.12. The summed E-state index contributed by atoms with van der Waals surface area (Å²) in [5, 5.41) is 12.8. The number of nitrogens with zero attached hydrogens (tertiary/aromatic N) is 2. The monoisotopic (exact) mass is 388 g/mol. The van der Waals surface area contributed by atoms with Crippen LogP contribution in [0.2, 0.25) is 0 Å². The molecule has 7 nitrogen and oxygen atoms in total. The highest BCUT2D eigenvalue weighted by atomic mass is 79.9. The molecule has 0 bridgehead atoms. The molecule has 0 saturated carbocycles. The van der Waals surface area contributed by atoms with Gasteiger partial charge in [-0.05, 0) is 23.8 Å². The number of hydrogen-bond acceptors (Lipinski definition) is 4. The Morgan fingerprint density at radius 1 is 1.25 bits per heavy atom. The van der Waals surface area contributed by atoms with Gasteiger partial charge < -0.3 is 15.4 Å². The quantitative estimate of drug-likeness (QED) is 0.620. The first-order valence-corrected chi connectivity index (χ1v) is 7.90. The lowest BCUT2D eigenvalue weighted by molar-refractivity contribution is -0.139. The number of amides is 1. The number of carboxylic acid groups (broad SMARTS) is 1. The van der Waals surface area contributed by atoms with Gasteiger partial charge in [0.05, 0.1) is 0 Å². The molecule has 24 heavy (non-hydrogen) atoms. The van der Waals surface area contributed by atoms with Crippen LogP contribution in [0.15, 0.2) is 47.3 Å². The van der Waals surface area contributed by atoms with Crippen molar-refractivity contribution in [2.75, 3.05) is 0 Å². The normalized spacial score (nSPS) is 12.0. The highest BCUT2D eigenvalue weighted by molar-refractivity contribution is 9.10. The average Bonchev–Trinajstić information content (AvgIpc) is 2.99. The lowest BCUT2D eigenvalue weighted by atomic mass is 10.0. The third kappa shape index (κ3) is 3.28. The van der Waals surface area contributed by atoms with Crippen molar-refractivity contribution >= 4 is 38.7 Å². The van der Waals surface area contributed by atoms with E-state index in [9.17, 15) is 14.7 Å². The van der Waals surface area contributed by atoms with Crippen molar-refractivity contribution < 1.29 is 14.7 Å². The smallest absolute Gasteiger partial charge is 0.326 e. The molecule has 1 aromatic carbocycles. The van der Waals surface area contributed by atoms with Crippen molar-refractivity contribution in [2.24, 2.45) is 0 Å². The Labute approximate surface area is 145 Å². The van der Waals surface area contributed by atoms with Crippen LogP contribution in [0.4, 0.5) is 0 Å². The number of H-pyrrole nitrogens is 1. The SMILES string of the molecule is O=C(NC(Cc1c[nH]c2cccc(Br)c12)C(=O)O)c1ncccn1. The molecule has 0 aliphatic carbocycles. The van der Waals surface area contributed by atoms with Crippen molar-refractivity contribution in [1.29, 1.82) is 0 Å². The van der Waals surface area contributed by atoms with E-state index in [1.165, 1.54) is 12.4 Å². The number of hydrogen-bond donors (Lipinski definition) is 3. The Morgan fingerprint density at radius 2 is 2.00 bits per heavy atom. The van der Waals surface area contributed by atoms with Crippen LogP contribution in [0.1, 0.15) is 16.2 Å². The Balaban J connectivity index is 1.84. The number of aromatic nitrogens is 3. The number of carboxylic acids is 1. The van der Waals surface area contributed by atoms with Crippen LogP contribution in [-0.2, 0) is 11.2 Å². The molecule has 2 aromatic heterocycles. The van der Waals surface area contributed by atoms with Gasteiger partial charge in [0.25, 0.3) is 5.91 Å². The van der Waals surface area contributed by atoms with E-state index in [2.05, 4.69) is 36.2 Å². The van der Waals surface area contributed by atoms with Gasteiger partial charge in [-0.3, -0.25) is 4.79 Å². The lowest BCUT2D eigenvalue weighted by Crippen LogP contribution is -2.42. The Hall–Kier alpha value is -2.74. The number of aliphatic carboxylic acids is 1. The molecule has 1 unspecified atom stereocenters.